The van der Waals surface area contributed by atoms with E-state index in [0.717, 1.165) is 34.6 Å². The van der Waals surface area contributed by atoms with Crippen molar-refractivity contribution in [3.05, 3.63) is 17.6 Å². The first-order chi connectivity index (χ1) is 9.65. The number of aromatic amines is 1. The van der Waals surface area contributed by atoms with Crippen molar-refractivity contribution in [1.82, 2.24) is 15.0 Å². The van der Waals surface area contributed by atoms with Gasteiger partial charge in [-0.1, -0.05) is 0 Å². The summed E-state index contributed by atoms with van der Waals surface area (Å²) >= 11 is 0. The monoisotopic (exact) mass is 270 g/mol. The van der Waals surface area contributed by atoms with Crippen molar-refractivity contribution in [2.75, 3.05) is 5.32 Å². The van der Waals surface area contributed by atoms with E-state index in [4.69, 9.17) is 0 Å². The predicted octanol–water partition coefficient (Wildman–Crippen LogP) is 2.56. The Balaban J connectivity index is 1.60. The number of amides is 1. The Morgan fingerprint density at radius 1 is 1.35 bits per heavy atom. The number of rotatable bonds is 3. The molecule has 2 saturated carbocycles. The maximum Gasteiger partial charge on any atom is 0.228 e. The summed E-state index contributed by atoms with van der Waals surface area (Å²) < 4.78 is 0. The molecule has 0 unspecified atom stereocenters. The van der Waals surface area contributed by atoms with Crippen LogP contribution in [0.4, 0.5) is 5.82 Å². The second kappa shape index (κ2) is 4.04. The molecule has 0 radical (unpaired) electrons. The standard InChI is InChI=1S/C15H18N4O/c1-7-8(2)18-13-12(7)14(17-6-16-13)19-15(20)11-5-10(11)9-3-4-9/h6,9-11H,3-5H2,1-2H3,(H2,16,17,18,19,20)/t10-,11-/m0/s1. The summed E-state index contributed by atoms with van der Waals surface area (Å²) in [4.78, 5) is 24.0. The van der Waals surface area contributed by atoms with E-state index in [1.54, 1.807) is 0 Å². The smallest absolute Gasteiger partial charge is 0.228 e. The van der Waals surface area contributed by atoms with Gasteiger partial charge in [-0.25, -0.2) is 9.97 Å². The molecule has 5 nitrogen and oxygen atoms in total. The lowest BCUT2D eigenvalue weighted by atomic mass is 10.2. The summed E-state index contributed by atoms with van der Waals surface area (Å²) in [5.41, 5.74) is 2.96. The van der Waals surface area contributed by atoms with Crippen LogP contribution in [0.5, 0.6) is 0 Å². The highest BCUT2D eigenvalue weighted by Crippen LogP contribution is 2.54. The summed E-state index contributed by atoms with van der Waals surface area (Å²) in [6.45, 7) is 4.03. The normalized spacial score (nSPS) is 24.9. The van der Waals surface area contributed by atoms with E-state index in [2.05, 4.69) is 20.3 Å². The minimum atomic E-state index is 0.125. The predicted molar refractivity (Wildman–Crippen MR) is 76.3 cm³/mol. The molecule has 2 aromatic heterocycles. The summed E-state index contributed by atoms with van der Waals surface area (Å²) in [5, 5.41) is 3.94. The fraction of sp³-hybridized carbons (Fsp3) is 0.533. The number of H-pyrrole nitrogens is 1. The Labute approximate surface area is 117 Å². The molecule has 0 spiro atoms. The number of aryl methyl sites for hydroxylation is 2. The van der Waals surface area contributed by atoms with Crippen LogP contribution in [-0.4, -0.2) is 20.9 Å². The van der Waals surface area contributed by atoms with Crippen molar-refractivity contribution >= 4 is 22.8 Å². The van der Waals surface area contributed by atoms with Crippen LogP contribution in [0, 0.1) is 31.6 Å². The molecule has 1 amide bonds. The van der Waals surface area contributed by atoms with Crippen LogP contribution in [0.2, 0.25) is 0 Å². The molecule has 0 aromatic carbocycles. The quantitative estimate of drug-likeness (QED) is 0.900. The average Bonchev–Trinajstić information content (AvgIpc) is 3.29. The lowest BCUT2D eigenvalue weighted by Crippen LogP contribution is -2.16. The second-order valence-corrected chi connectivity index (χ2v) is 6.15. The van der Waals surface area contributed by atoms with Gasteiger partial charge in [0.1, 0.15) is 17.8 Å². The third kappa shape index (κ3) is 1.80. The van der Waals surface area contributed by atoms with E-state index in [1.165, 1.54) is 19.2 Å². The molecule has 2 aromatic rings. The van der Waals surface area contributed by atoms with Gasteiger partial charge in [-0.05, 0) is 50.5 Å². The minimum absolute atomic E-state index is 0.125. The van der Waals surface area contributed by atoms with Gasteiger partial charge in [-0.2, -0.15) is 0 Å². The fourth-order valence-electron chi connectivity index (χ4n) is 3.16. The Bertz CT molecular complexity index is 701. The van der Waals surface area contributed by atoms with Gasteiger partial charge in [-0.15, -0.1) is 0 Å². The van der Waals surface area contributed by atoms with E-state index in [-0.39, 0.29) is 11.8 Å². The van der Waals surface area contributed by atoms with E-state index in [0.29, 0.717) is 11.7 Å². The molecule has 4 rings (SSSR count). The fourth-order valence-corrected chi connectivity index (χ4v) is 3.16. The van der Waals surface area contributed by atoms with Crippen LogP contribution in [0.3, 0.4) is 0 Å². The van der Waals surface area contributed by atoms with E-state index >= 15 is 0 Å². The van der Waals surface area contributed by atoms with Gasteiger partial charge in [0, 0.05) is 11.6 Å². The van der Waals surface area contributed by atoms with Gasteiger partial charge in [-0.3, -0.25) is 4.79 Å². The lowest BCUT2D eigenvalue weighted by Gasteiger charge is -2.05. The van der Waals surface area contributed by atoms with Crippen molar-refractivity contribution in [2.24, 2.45) is 17.8 Å². The van der Waals surface area contributed by atoms with Gasteiger partial charge < -0.3 is 10.3 Å². The first kappa shape index (κ1) is 11.9. The molecule has 20 heavy (non-hydrogen) atoms. The largest absolute Gasteiger partial charge is 0.343 e. The lowest BCUT2D eigenvalue weighted by molar-refractivity contribution is -0.117. The van der Waals surface area contributed by atoms with Crippen LogP contribution in [0.25, 0.3) is 11.0 Å². The molecule has 2 aliphatic rings. The number of fused-ring (bicyclic) bond motifs is 1. The molecule has 2 heterocycles. The number of nitrogens with one attached hydrogen (secondary N) is 2. The first-order valence-corrected chi connectivity index (χ1v) is 7.26. The molecule has 2 aliphatic carbocycles. The maximum atomic E-state index is 12.3. The molecule has 0 bridgehead atoms. The first-order valence-electron chi connectivity index (χ1n) is 7.26. The van der Waals surface area contributed by atoms with Crippen molar-refractivity contribution < 1.29 is 4.79 Å². The average molecular weight is 270 g/mol. The van der Waals surface area contributed by atoms with Gasteiger partial charge in [0.15, 0.2) is 0 Å². The molecular formula is C15H18N4O. The third-order valence-electron chi connectivity index (χ3n) is 4.74. The molecule has 0 saturated heterocycles. The van der Waals surface area contributed by atoms with Crippen LogP contribution < -0.4 is 5.32 Å². The Morgan fingerprint density at radius 3 is 2.90 bits per heavy atom. The summed E-state index contributed by atoms with van der Waals surface area (Å²) in [6, 6.07) is 0. The minimum Gasteiger partial charge on any atom is -0.343 e. The molecule has 2 fully saturated rings. The summed E-state index contributed by atoms with van der Waals surface area (Å²) in [7, 11) is 0. The van der Waals surface area contributed by atoms with Crippen LogP contribution in [-0.2, 0) is 4.79 Å². The number of anilines is 1. The molecule has 5 heteroatoms. The van der Waals surface area contributed by atoms with E-state index in [9.17, 15) is 4.79 Å². The van der Waals surface area contributed by atoms with Gasteiger partial charge >= 0.3 is 0 Å². The number of nitrogens with zero attached hydrogens (tertiary/aromatic N) is 2. The van der Waals surface area contributed by atoms with Gasteiger partial charge in [0.25, 0.3) is 0 Å². The SMILES string of the molecule is Cc1[nH]c2ncnc(NC(=O)[C@H]3C[C@H]3C3CC3)c2c1C. The second-order valence-electron chi connectivity index (χ2n) is 6.15. The Kier molecular flexibility index (Phi) is 2.40. The number of hydrogen-bond acceptors (Lipinski definition) is 3. The number of carbonyl (C=O) groups excluding carboxylic acids is 1. The Morgan fingerprint density at radius 2 is 2.15 bits per heavy atom. The van der Waals surface area contributed by atoms with Crippen LogP contribution >= 0.6 is 0 Å². The number of aromatic nitrogens is 3. The van der Waals surface area contributed by atoms with E-state index < -0.39 is 0 Å². The Hall–Kier alpha value is -1.91. The van der Waals surface area contributed by atoms with Crippen LogP contribution in [0.15, 0.2) is 6.33 Å². The highest BCUT2D eigenvalue weighted by Gasteiger charge is 2.51. The third-order valence-corrected chi connectivity index (χ3v) is 4.74. The topological polar surface area (TPSA) is 70.7 Å². The van der Waals surface area contributed by atoms with Gasteiger partial charge in [0.2, 0.25) is 5.91 Å². The highest BCUT2D eigenvalue weighted by atomic mass is 16.2. The zero-order valence-corrected chi connectivity index (χ0v) is 11.7. The maximum absolute atomic E-state index is 12.3. The summed E-state index contributed by atoms with van der Waals surface area (Å²) in [5.74, 6) is 2.41. The molecule has 2 N–H and O–H groups in total. The van der Waals surface area contributed by atoms with E-state index in [1.807, 2.05) is 13.8 Å². The van der Waals surface area contributed by atoms with Crippen molar-refractivity contribution in [3.63, 3.8) is 0 Å². The van der Waals surface area contributed by atoms with Crippen molar-refractivity contribution in [3.8, 4) is 0 Å². The summed E-state index contributed by atoms with van der Waals surface area (Å²) in [6.07, 6.45) is 5.17. The molecule has 104 valence electrons. The van der Waals surface area contributed by atoms with Crippen molar-refractivity contribution in [1.29, 1.82) is 0 Å². The number of hydrogen-bond donors (Lipinski definition) is 2. The molecule has 2 atom stereocenters. The van der Waals surface area contributed by atoms with Gasteiger partial charge in [0.05, 0.1) is 5.39 Å². The zero-order chi connectivity index (χ0) is 13.9. The number of carbonyl (C=O) groups is 1. The molecule has 0 aliphatic heterocycles. The van der Waals surface area contributed by atoms with Crippen LogP contribution in [0.1, 0.15) is 30.5 Å². The highest BCUT2D eigenvalue weighted by molar-refractivity contribution is 6.01. The zero-order valence-electron chi connectivity index (χ0n) is 11.7. The van der Waals surface area contributed by atoms with Crippen molar-refractivity contribution in [2.45, 2.75) is 33.1 Å². The molecular weight excluding hydrogens is 252 g/mol.